The highest BCUT2D eigenvalue weighted by Gasteiger charge is 2.30. The molecule has 2 N–H and O–H groups in total. The van der Waals surface area contributed by atoms with Crippen molar-refractivity contribution in [3.05, 3.63) is 33.9 Å². The predicted octanol–water partition coefficient (Wildman–Crippen LogP) is 3.61. The van der Waals surface area contributed by atoms with Gasteiger partial charge in [-0.3, -0.25) is 9.69 Å². The third kappa shape index (κ3) is 5.26. The second-order valence-electron chi connectivity index (χ2n) is 8.03. The van der Waals surface area contributed by atoms with Crippen molar-refractivity contribution in [2.45, 2.75) is 38.5 Å². The Balaban J connectivity index is 0.00000150. The van der Waals surface area contributed by atoms with E-state index in [4.69, 9.17) is 16.3 Å². The summed E-state index contributed by atoms with van der Waals surface area (Å²) in [5.74, 6) is 1.57. The first-order valence-corrected chi connectivity index (χ1v) is 10.6. The standard InChI is InChI=1S/C22H29ClN2O2.ClH.H2O/c1-27-21-7-6-20(23)19-14-16(4-5-18(19)21)15-24-12-8-17(9-13-24)22(26)25-10-2-3-11-25;;/h6-7,14,17H,2-5,8-13,15H2,1H3;1H;1H2. The summed E-state index contributed by atoms with van der Waals surface area (Å²) >= 11 is 6.44. The van der Waals surface area contributed by atoms with Crippen LogP contribution in [0.25, 0.3) is 6.08 Å². The summed E-state index contributed by atoms with van der Waals surface area (Å²) in [5.41, 5.74) is 3.78. The van der Waals surface area contributed by atoms with Gasteiger partial charge in [0.15, 0.2) is 0 Å². The number of hydrogen-bond acceptors (Lipinski definition) is 3. The number of hydrogen-bond donors (Lipinski definition) is 0. The molecular weight excluding hydrogens is 411 g/mol. The zero-order chi connectivity index (χ0) is 18.8. The first kappa shape index (κ1) is 24.0. The first-order chi connectivity index (χ1) is 13.2. The molecule has 3 aliphatic rings. The van der Waals surface area contributed by atoms with E-state index in [9.17, 15) is 4.79 Å². The van der Waals surface area contributed by atoms with Crippen molar-refractivity contribution in [1.82, 2.24) is 9.80 Å². The summed E-state index contributed by atoms with van der Waals surface area (Å²) in [5, 5.41) is 0.804. The summed E-state index contributed by atoms with van der Waals surface area (Å²) in [6.07, 6.45) is 8.62. The smallest absolute Gasteiger partial charge is 0.225 e. The summed E-state index contributed by atoms with van der Waals surface area (Å²) in [4.78, 5) is 17.2. The molecule has 0 bridgehead atoms. The highest BCUT2D eigenvalue weighted by Crippen LogP contribution is 2.36. The number of likely N-dealkylation sites (tertiary alicyclic amines) is 2. The monoisotopic (exact) mass is 442 g/mol. The molecule has 162 valence electrons. The van der Waals surface area contributed by atoms with E-state index in [-0.39, 0.29) is 23.8 Å². The van der Waals surface area contributed by atoms with E-state index in [0.717, 1.165) is 74.7 Å². The van der Waals surface area contributed by atoms with Crippen molar-refractivity contribution in [3.8, 4) is 5.75 Å². The highest BCUT2D eigenvalue weighted by atomic mass is 35.5. The molecule has 5 nitrogen and oxygen atoms in total. The average molecular weight is 443 g/mol. The van der Waals surface area contributed by atoms with E-state index in [2.05, 4.69) is 15.9 Å². The quantitative estimate of drug-likeness (QED) is 0.714. The van der Waals surface area contributed by atoms with Crippen molar-refractivity contribution >= 4 is 36.0 Å². The van der Waals surface area contributed by atoms with Gasteiger partial charge in [-0.15, -0.1) is 12.4 Å². The van der Waals surface area contributed by atoms with Gasteiger partial charge in [-0.1, -0.05) is 23.3 Å². The number of halogens is 2. The zero-order valence-corrected chi connectivity index (χ0v) is 18.7. The molecule has 4 rings (SSSR count). The predicted molar refractivity (Wildman–Crippen MR) is 120 cm³/mol. The normalized spacial score (nSPS) is 19.7. The van der Waals surface area contributed by atoms with Gasteiger partial charge in [-0.25, -0.2) is 0 Å². The first-order valence-electron chi connectivity index (χ1n) is 10.2. The number of amides is 1. The number of carbonyl (C=O) groups excluding carboxylic acids is 1. The van der Waals surface area contributed by atoms with E-state index >= 15 is 0 Å². The fraction of sp³-hybridized carbons (Fsp3) is 0.591. The van der Waals surface area contributed by atoms with Gasteiger partial charge in [0.25, 0.3) is 0 Å². The molecule has 1 aliphatic carbocycles. The average Bonchev–Trinajstić information content (AvgIpc) is 3.24. The Labute approximate surface area is 184 Å². The van der Waals surface area contributed by atoms with E-state index in [1.807, 2.05) is 12.1 Å². The number of nitrogens with zero attached hydrogens (tertiary/aromatic N) is 2. The van der Waals surface area contributed by atoms with E-state index in [1.165, 1.54) is 24.0 Å². The lowest BCUT2D eigenvalue weighted by Crippen LogP contribution is -2.42. The maximum Gasteiger partial charge on any atom is 0.225 e. The third-order valence-electron chi connectivity index (χ3n) is 6.31. The molecule has 1 aromatic carbocycles. The lowest BCUT2D eigenvalue weighted by Gasteiger charge is -2.34. The zero-order valence-electron chi connectivity index (χ0n) is 17.1. The fourth-order valence-corrected chi connectivity index (χ4v) is 4.96. The topological polar surface area (TPSA) is 64.3 Å². The summed E-state index contributed by atoms with van der Waals surface area (Å²) in [6, 6.07) is 3.89. The second-order valence-corrected chi connectivity index (χ2v) is 8.43. The Morgan fingerprint density at radius 3 is 2.48 bits per heavy atom. The van der Waals surface area contributed by atoms with Crippen molar-refractivity contribution in [2.75, 3.05) is 39.8 Å². The van der Waals surface area contributed by atoms with Crippen molar-refractivity contribution in [3.63, 3.8) is 0 Å². The van der Waals surface area contributed by atoms with Gasteiger partial charge in [0.05, 0.1) is 7.11 Å². The molecule has 1 aromatic rings. The molecule has 2 aliphatic heterocycles. The molecule has 2 fully saturated rings. The Bertz CT molecular complexity index is 740. The lowest BCUT2D eigenvalue weighted by molar-refractivity contribution is -0.135. The maximum atomic E-state index is 12.6. The molecule has 0 unspecified atom stereocenters. The van der Waals surface area contributed by atoms with Gasteiger partial charge in [0.2, 0.25) is 5.91 Å². The molecule has 0 radical (unpaired) electrons. The van der Waals surface area contributed by atoms with Gasteiger partial charge >= 0.3 is 0 Å². The molecule has 0 spiro atoms. The number of rotatable bonds is 4. The van der Waals surface area contributed by atoms with Crippen LogP contribution in [-0.2, 0) is 11.2 Å². The number of carbonyl (C=O) groups is 1. The Morgan fingerprint density at radius 2 is 1.83 bits per heavy atom. The van der Waals surface area contributed by atoms with Crippen LogP contribution in [0.3, 0.4) is 0 Å². The van der Waals surface area contributed by atoms with E-state index < -0.39 is 0 Å². The van der Waals surface area contributed by atoms with Gasteiger partial charge in [0.1, 0.15) is 5.75 Å². The minimum Gasteiger partial charge on any atom is -0.496 e. The summed E-state index contributed by atoms with van der Waals surface area (Å²) in [7, 11) is 1.72. The molecule has 2 heterocycles. The van der Waals surface area contributed by atoms with Crippen LogP contribution in [0, 0.1) is 5.92 Å². The van der Waals surface area contributed by atoms with Crippen molar-refractivity contribution < 1.29 is 15.0 Å². The summed E-state index contributed by atoms with van der Waals surface area (Å²) < 4.78 is 5.49. The van der Waals surface area contributed by atoms with Gasteiger partial charge in [-0.2, -0.15) is 0 Å². The molecule has 0 saturated carbocycles. The van der Waals surface area contributed by atoms with Crippen LogP contribution in [0.4, 0.5) is 0 Å². The lowest BCUT2D eigenvalue weighted by atomic mass is 9.90. The Morgan fingerprint density at radius 1 is 1.14 bits per heavy atom. The molecule has 0 atom stereocenters. The van der Waals surface area contributed by atoms with Crippen LogP contribution in [-0.4, -0.2) is 61.0 Å². The maximum absolute atomic E-state index is 12.6. The Hall–Kier alpha value is -1.27. The molecule has 2 saturated heterocycles. The number of fused-ring (bicyclic) bond motifs is 1. The van der Waals surface area contributed by atoms with Crippen LogP contribution in [0.1, 0.15) is 43.2 Å². The highest BCUT2D eigenvalue weighted by molar-refractivity contribution is 6.32. The molecular formula is C22H32Cl2N2O3. The molecule has 7 heteroatoms. The van der Waals surface area contributed by atoms with Crippen molar-refractivity contribution in [1.29, 1.82) is 0 Å². The summed E-state index contributed by atoms with van der Waals surface area (Å²) in [6.45, 7) is 4.95. The van der Waals surface area contributed by atoms with Gasteiger partial charge in [-0.05, 0) is 69.3 Å². The van der Waals surface area contributed by atoms with Crippen LogP contribution in [0.5, 0.6) is 5.75 Å². The Kier molecular flexibility index (Phi) is 8.83. The number of benzene rings is 1. The van der Waals surface area contributed by atoms with Gasteiger partial charge < -0.3 is 15.1 Å². The van der Waals surface area contributed by atoms with Gasteiger partial charge in [0, 0.05) is 36.1 Å². The van der Waals surface area contributed by atoms with Crippen LogP contribution >= 0.6 is 24.0 Å². The van der Waals surface area contributed by atoms with E-state index in [1.54, 1.807) is 7.11 Å². The number of piperidine rings is 1. The van der Waals surface area contributed by atoms with E-state index in [0.29, 0.717) is 5.91 Å². The van der Waals surface area contributed by atoms with Crippen molar-refractivity contribution in [2.24, 2.45) is 5.92 Å². The number of methoxy groups -OCH3 is 1. The fourth-order valence-electron chi connectivity index (χ4n) is 4.73. The molecule has 1 amide bonds. The molecule has 0 aromatic heterocycles. The van der Waals surface area contributed by atoms with Crippen LogP contribution < -0.4 is 4.74 Å². The second kappa shape index (κ2) is 10.7. The van der Waals surface area contributed by atoms with Crippen LogP contribution in [0.15, 0.2) is 17.7 Å². The third-order valence-corrected chi connectivity index (χ3v) is 6.64. The minimum atomic E-state index is 0. The minimum absolute atomic E-state index is 0. The SMILES string of the molecule is COc1ccc(Cl)c2c1CCC(CN1CCC(C(=O)N3CCCC3)CC1)=C2.Cl.O. The largest absolute Gasteiger partial charge is 0.496 e. The number of ether oxygens (including phenoxy) is 1. The molecule has 29 heavy (non-hydrogen) atoms. The van der Waals surface area contributed by atoms with Crippen LogP contribution in [0.2, 0.25) is 5.02 Å².